The van der Waals surface area contributed by atoms with Crippen molar-refractivity contribution in [3.05, 3.63) is 87.5 Å². The number of hydrogen-bond donors (Lipinski definition) is 2. The van der Waals surface area contributed by atoms with Crippen LogP contribution in [0.25, 0.3) is 11.3 Å². The van der Waals surface area contributed by atoms with Crippen molar-refractivity contribution in [2.75, 3.05) is 18.0 Å². The molecule has 3 heterocycles. The number of carbonyl (C=O) groups is 1. The Morgan fingerprint density at radius 3 is 2.50 bits per heavy atom. The molecule has 9 nitrogen and oxygen atoms in total. The lowest BCUT2D eigenvalue weighted by Gasteiger charge is -2.47. The highest BCUT2D eigenvalue weighted by Crippen LogP contribution is 2.46. The minimum absolute atomic E-state index is 0.137. The molecule has 1 saturated heterocycles. The van der Waals surface area contributed by atoms with Crippen LogP contribution in [0.2, 0.25) is 10.0 Å². The second-order valence-corrected chi connectivity index (χ2v) is 10.3. The highest BCUT2D eigenvalue weighted by Gasteiger charge is 2.44. The van der Waals surface area contributed by atoms with E-state index in [9.17, 15) is 15.0 Å². The molecule has 2 N–H and O–H groups in total. The third-order valence-corrected chi connectivity index (χ3v) is 7.43. The van der Waals surface area contributed by atoms with E-state index in [0.717, 1.165) is 29.9 Å². The van der Waals surface area contributed by atoms with E-state index in [2.05, 4.69) is 15.1 Å². The molecule has 194 valence electrons. The van der Waals surface area contributed by atoms with Gasteiger partial charge in [0.05, 0.1) is 52.3 Å². The standard InChI is InChI=1S/C27H22Cl2N4O5/c28-19-5-2-6-20(29)23(19)24-18(25(38-32-24)15-7-8-15)12-37-22-11-30-21(10-31-22)27(36)13-33(14-27)17-4-1-3-16(9-17)26(34)35/h1-6,9-11,15,36H,7-8,12-14H2,(H,34,35). The Bertz CT molecular complexity index is 1490. The van der Waals surface area contributed by atoms with Gasteiger partial charge in [-0.15, -0.1) is 0 Å². The predicted octanol–water partition coefficient (Wildman–Crippen LogP) is 5.30. The van der Waals surface area contributed by atoms with Gasteiger partial charge in [-0.2, -0.15) is 0 Å². The Balaban J connectivity index is 1.16. The van der Waals surface area contributed by atoms with Crippen LogP contribution >= 0.6 is 23.2 Å². The lowest BCUT2D eigenvalue weighted by Crippen LogP contribution is -2.60. The molecule has 0 unspecified atom stereocenters. The first kappa shape index (κ1) is 24.7. The number of carboxylic acid groups (broad SMARTS) is 1. The third-order valence-electron chi connectivity index (χ3n) is 6.80. The van der Waals surface area contributed by atoms with E-state index in [1.54, 1.807) is 36.4 Å². The zero-order valence-electron chi connectivity index (χ0n) is 20.0. The average molecular weight is 553 g/mol. The number of ether oxygens (including phenoxy) is 1. The molecule has 2 aliphatic rings. The number of anilines is 1. The Kier molecular flexibility index (Phi) is 6.22. The number of nitrogens with zero attached hydrogens (tertiary/aromatic N) is 4. The van der Waals surface area contributed by atoms with Gasteiger partial charge in [-0.3, -0.25) is 4.98 Å². The van der Waals surface area contributed by atoms with Crippen LogP contribution in [0.3, 0.4) is 0 Å². The molecular weight excluding hydrogens is 531 g/mol. The number of aromatic nitrogens is 3. The SMILES string of the molecule is O=C(O)c1cccc(N2CC(O)(c3cnc(OCc4c(-c5c(Cl)cccc5Cl)noc4C4CC4)cn3)C2)c1. The van der Waals surface area contributed by atoms with Crippen LogP contribution in [-0.2, 0) is 12.2 Å². The van der Waals surface area contributed by atoms with E-state index in [4.69, 9.17) is 32.5 Å². The highest BCUT2D eigenvalue weighted by molar-refractivity contribution is 6.39. The molecule has 0 spiro atoms. The first-order chi connectivity index (χ1) is 18.3. The van der Waals surface area contributed by atoms with Crippen molar-refractivity contribution < 1.29 is 24.3 Å². The fraction of sp³-hybridized carbons (Fsp3) is 0.259. The van der Waals surface area contributed by atoms with Gasteiger partial charge in [-0.05, 0) is 43.2 Å². The van der Waals surface area contributed by atoms with Crippen LogP contribution in [0.1, 0.15) is 46.1 Å². The molecule has 0 atom stereocenters. The summed E-state index contributed by atoms with van der Waals surface area (Å²) in [4.78, 5) is 21.9. The lowest BCUT2D eigenvalue weighted by atomic mass is 9.90. The zero-order valence-corrected chi connectivity index (χ0v) is 21.5. The van der Waals surface area contributed by atoms with Crippen molar-refractivity contribution in [1.82, 2.24) is 15.1 Å². The predicted molar refractivity (Wildman–Crippen MR) is 140 cm³/mol. The summed E-state index contributed by atoms with van der Waals surface area (Å²) in [5, 5.41) is 25.5. The molecule has 2 aromatic heterocycles. The minimum atomic E-state index is -1.20. The van der Waals surface area contributed by atoms with Gasteiger partial charge in [0, 0.05) is 17.2 Å². The van der Waals surface area contributed by atoms with Gasteiger partial charge in [0.2, 0.25) is 5.88 Å². The van der Waals surface area contributed by atoms with Gasteiger partial charge >= 0.3 is 5.97 Å². The second-order valence-electron chi connectivity index (χ2n) is 9.52. The molecule has 11 heteroatoms. The molecule has 1 aliphatic carbocycles. The Labute approximate surface area is 227 Å². The monoisotopic (exact) mass is 552 g/mol. The fourth-order valence-corrected chi connectivity index (χ4v) is 5.17. The van der Waals surface area contributed by atoms with Crippen molar-refractivity contribution in [2.24, 2.45) is 0 Å². The summed E-state index contributed by atoms with van der Waals surface area (Å²) in [6.07, 6.45) is 4.99. The van der Waals surface area contributed by atoms with Gasteiger partial charge in [-0.1, -0.05) is 40.5 Å². The Morgan fingerprint density at radius 1 is 1.11 bits per heavy atom. The summed E-state index contributed by atoms with van der Waals surface area (Å²) in [7, 11) is 0. The molecule has 1 aliphatic heterocycles. The minimum Gasteiger partial charge on any atom is -0.478 e. The Morgan fingerprint density at radius 2 is 1.84 bits per heavy atom. The molecule has 0 amide bonds. The van der Waals surface area contributed by atoms with Crippen LogP contribution in [-0.4, -0.2) is 44.4 Å². The fourth-order valence-electron chi connectivity index (χ4n) is 4.59. The molecule has 0 bridgehead atoms. The van der Waals surface area contributed by atoms with Crippen LogP contribution < -0.4 is 9.64 Å². The van der Waals surface area contributed by atoms with Gasteiger partial charge < -0.3 is 24.4 Å². The van der Waals surface area contributed by atoms with E-state index in [0.29, 0.717) is 27.0 Å². The average Bonchev–Trinajstić information content (AvgIpc) is 3.66. The van der Waals surface area contributed by atoms with Crippen molar-refractivity contribution >= 4 is 34.9 Å². The van der Waals surface area contributed by atoms with E-state index < -0.39 is 11.6 Å². The van der Waals surface area contributed by atoms with Gasteiger partial charge in [0.15, 0.2) is 0 Å². The maximum atomic E-state index is 11.2. The van der Waals surface area contributed by atoms with Crippen LogP contribution in [0.4, 0.5) is 5.69 Å². The summed E-state index contributed by atoms with van der Waals surface area (Å²) < 4.78 is 11.6. The molecule has 6 rings (SSSR count). The van der Waals surface area contributed by atoms with Crippen molar-refractivity contribution in [1.29, 1.82) is 0 Å². The maximum Gasteiger partial charge on any atom is 0.335 e. The number of rotatable bonds is 8. The number of β-amino-alcohol motifs (C(OH)–C–C–N with tert-alkyl or cyclic N) is 1. The maximum absolute atomic E-state index is 11.2. The highest BCUT2D eigenvalue weighted by atomic mass is 35.5. The first-order valence-electron chi connectivity index (χ1n) is 12.0. The van der Waals surface area contributed by atoms with E-state index in [1.165, 1.54) is 18.5 Å². The summed E-state index contributed by atoms with van der Waals surface area (Å²) in [6.45, 7) is 0.662. The molecular formula is C27H22Cl2N4O5. The van der Waals surface area contributed by atoms with E-state index in [1.807, 2.05) is 4.90 Å². The number of hydrogen-bond acceptors (Lipinski definition) is 8. The quantitative estimate of drug-likeness (QED) is 0.299. The first-order valence-corrected chi connectivity index (χ1v) is 12.8. The number of aliphatic hydroxyl groups is 1. The molecule has 1 saturated carbocycles. The molecule has 4 aromatic rings. The third kappa shape index (κ3) is 4.57. The number of carboxylic acids is 1. The van der Waals surface area contributed by atoms with Crippen LogP contribution in [0.5, 0.6) is 5.88 Å². The van der Waals surface area contributed by atoms with Gasteiger partial charge in [-0.25, -0.2) is 9.78 Å². The van der Waals surface area contributed by atoms with Crippen LogP contribution in [0, 0.1) is 0 Å². The van der Waals surface area contributed by atoms with Crippen molar-refractivity contribution in [3.8, 4) is 17.1 Å². The summed E-state index contributed by atoms with van der Waals surface area (Å²) in [5.74, 6) is 0.330. The summed E-state index contributed by atoms with van der Waals surface area (Å²) in [5.41, 5.74) is 2.02. The largest absolute Gasteiger partial charge is 0.478 e. The molecule has 38 heavy (non-hydrogen) atoms. The summed E-state index contributed by atoms with van der Waals surface area (Å²) in [6, 6.07) is 11.9. The van der Waals surface area contributed by atoms with Gasteiger partial charge in [0.1, 0.15) is 23.7 Å². The molecule has 2 fully saturated rings. The Hall–Kier alpha value is -3.66. The van der Waals surface area contributed by atoms with Gasteiger partial charge in [0.25, 0.3) is 0 Å². The summed E-state index contributed by atoms with van der Waals surface area (Å²) >= 11 is 12.9. The van der Waals surface area contributed by atoms with Crippen molar-refractivity contribution in [3.63, 3.8) is 0 Å². The zero-order chi connectivity index (χ0) is 26.4. The number of halogens is 2. The van der Waals surface area contributed by atoms with E-state index >= 15 is 0 Å². The van der Waals surface area contributed by atoms with E-state index in [-0.39, 0.29) is 37.1 Å². The molecule has 0 radical (unpaired) electrons. The second kappa shape index (κ2) is 9.58. The van der Waals surface area contributed by atoms with Crippen molar-refractivity contribution in [2.45, 2.75) is 31.0 Å². The van der Waals surface area contributed by atoms with Crippen LogP contribution in [0.15, 0.2) is 59.4 Å². The smallest absolute Gasteiger partial charge is 0.335 e. The lowest BCUT2D eigenvalue weighted by molar-refractivity contribution is 0.00291. The molecule has 2 aromatic carbocycles. The number of aromatic carboxylic acids is 1. The topological polar surface area (TPSA) is 122 Å². The number of benzene rings is 2. The normalized spacial score (nSPS) is 16.2.